The maximum absolute atomic E-state index is 11.9. The van der Waals surface area contributed by atoms with Gasteiger partial charge in [0.05, 0.1) is 75.2 Å². The van der Waals surface area contributed by atoms with E-state index < -0.39 is 66.9 Å². The number of aryl methyl sites for hydroxylation is 3. The molecule has 0 aliphatic carbocycles. The minimum Gasteiger partial charge on any atom is -0.476 e. The summed E-state index contributed by atoms with van der Waals surface area (Å²) in [7, 11) is -0.852. The number of hydrogen-bond donors (Lipinski definition) is 0. The lowest BCUT2D eigenvalue weighted by atomic mass is 9.77. The van der Waals surface area contributed by atoms with Gasteiger partial charge in [-0.2, -0.15) is 29.3 Å². The van der Waals surface area contributed by atoms with Gasteiger partial charge in [0.15, 0.2) is 23.3 Å². The molecule has 802 valence electrons. The zero-order chi connectivity index (χ0) is 109. The van der Waals surface area contributed by atoms with Crippen LogP contribution in [0.25, 0.3) is 67.8 Å². The summed E-state index contributed by atoms with van der Waals surface area (Å²) < 4.78 is 98.4. The fraction of sp³-hybridized carbons (Fsp3) is 0.528. The molecule has 0 amide bonds. The van der Waals surface area contributed by atoms with Crippen molar-refractivity contribution >= 4 is 94.6 Å². The number of esters is 3. The third-order valence-corrected chi connectivity index (χ3v) is 31.3. The molecule has 12 rings (SSSR count). The molecule has 4 aromatic carbocycles. The van der Waals surface area contributed by atoms with E-state index >= 15 is 0 Å². The number of nitrogens with zero attached hydrogens (tertiary/aromatic N) is 15. The van der Waals surface area contributed by atoms with E-state index in [1.165, 1.54) is 21.3 Å². The Morgan fingerprint density at radius 3 is 0.939 bits per heavy atom. The van der Waals surface area contributed by atoms with E-state index in [0.29, 0.717) is 126 Å². The van der Waals surface area contributed by atoms with Crippen LogP contribution < -0.4 is 38.6 Å². The van der Waals surface area contributed by atoms with Crippen LogP contribution in [-0.2, 0) is 83.8 Å². The van der Waals surface area contributed by atoms with Gasteiger partial charge in [-0.1, -0.05) is 183 Å². The van der Waals surface area contributed by atoms with Gasteiger partial charge in [0, 0.05) is 143 Å². The number of aromatic nitrogens is 15. The number of rotatable bonds is 47. The number of pyridine rings is 3. The Kier molecular flexibility index (Phi) is 45.9. The number of hydrogen-bond acceptors (Lipinski definition) is 30. The number of ether oxygens (including phenoxy) is 14. The fourth-order valence-electron chi connectivity index (χ4n) is 13.5. The average Bonchev–Trinajstić information content (AvgIpc) is 1.40. The molecule has 147 heavy (non-hydrogen) atoms. The van der Waals surface area contributed by atoms with Crippen molar-refractivity contribution in [3.63, 3.8) is 0 Å². The van der Waals surface area contributed by atoms with Crippen molar-refractivity contribution in [3.05, 3.63) is 159 Å². The summed E-state index contributed by atoms with van der Waals surface area (Å²) in [6.45, 7) is 67.2. The molecule has 0 radical (unpaired) electrons. The SMILES string of the molecule is CCOc1nc(-c2ccc(-c3cnc(OCC(C)(C)C(=O)OC)cc3C)cc2)n(COCC[Si](C)(C)C)n1.CCOc1nc(-c2ccc(-c3cnc(OCC(C)(C)C(=O)OC)cc3C)cc2)nn1COCC[Si](C)(C)C.CCOc1nc(-c2ccc(Br)cc2)n(COCC[Si](C)(C)C)n1.CCOc1nc(-c2ccc(Br)cc2)nn1COCC[Si](C)(C)C.COC(=O)C(C)(C)COc1cc(C)c(B2OC(C)(C)C(C)(C)O2)cn1. The summed E-state index contributed by atoms with van der Waals surface area (Å²) in [4.78, 5) is 66.8. The predicted octanol–water partition coefficient (Wildman–Crippen LogP) is 22.3. The van der Waals surface area contributed by atoms with E-state index in [1.807, 2.05) is 191 Å². The third-order valence-electron chi connectivity index (χ3n) is 23.4. The highest BCUT2D eigenvalue weighted by Gasteiger charge is 2.52. The quantitative estimate of drug-likeness (QED) is 0.0148. The highest BCUT2D eigenvalue weighted by Crippen LogP contribution is 2.39. The van der Waals surface area contributed by atoms with Crippen molar-refractivity contribution in [2.75, 3.05) is 94.0 Å². The van der Waals surface area contributed by atoms with Gasteiger partial charge in [-0.25, -0.2) is 24.3 Å². The van der Waals surface area contributed by atoms with Gasteiger partial charge < -0.3 is 75.6 Å². The van der Waals surface area contributed by atoms with Gasteiger partial charge in [-0.3, -0.25) is 14.4 Å². The minimum absolute atomic E-state index is 0.173. The lowest BCUT2D eigenvalue weighted by molar-refractivity contribution is -0.153. The van der Waals surface area contributed by atoms with E-state index in [1.54, 1.807) is 78.9 Å². The van der Waals surface area contributed by atoms with Crippen molar-refractivity contribution in [2.45, 2.75) is 259 Å². The first-order chi connectivity index (χ1) is 69.0. The molecule has 1 aliphatic rings. The molecule has 0 N–H and O–H groups in total. The van der Waals surface area contributed by atoms with Crippen LogP contribution in [0.15, 0.2) is 143 Å². The Bertz CT molecular complexity index is 5970. The van der Waals surface area contributed by atoms with Crippen molar-refractivity contribution in [1.82, 2.24) is 74.0 Å². The van der Waals surface area contributed by atoms with E-state index in [4.69, 9.17) is 75.6 Å². The number of halogens is 2. The van der Waals surface area contributed by atoms with Crippen molar-refractivity contribution in [3.8, 4) is 109 Å². The lowest BCUT2D eigenvalue weighted by Crippen LogP contribution is -2.41. The Labute approximate surface area is 890 Å². The Morgan fingerprint density at radius 1 is 0.367 bits per heavy atom. The maximum atomic E-state index is 11.9. The molecule has 8 heterocycles. The molecule has 0 bridgehead atoms. The van der Waals surface area contributed by atoms with E-state index in [-0.39, 0.29) is 37.7 Å². The first-order valence-electron chi connectivity index (χ1n) is 49.8. The summed E-state index contributed by atoms with van der Waals surface area (Å²) in [6, 6.07) is 43.7. The third kappa shape index (κ3) is 38.8. The smallest absolute Gasteiger partial charge is 0.476 e. The van der Waals surface area contributed by atoms with Crippen LogP contribution in [0.4, 0.5) is 0 Å². The normalized spacial score (nSPS) is 13.0. The molecule has 0 spiro atoms. The molecule has 7 aromatic heterocycles. The second kappa shape index (κ2) is 55.4. The van der Waals surface area contributed by atoms with Crippen LogP contribution in [0, 0.1) is 37.0 Å². The van der Waals surface area contributed by atoms with Crippen LogP contribution in [0.5, 0.6) is 41.7 Å². The van der Waals surface area contributed by atoms with Crippen molar-refractivity contribution in [1.29, 1.82) is 0 Å². The fourth-order valence-corrected chi connectivity index (χ4v) is 17.1. The lowest BCUT2D eigenvalue weighted by Gasteiger charge is -2.32. The highest BCUT2D eigenvalue weighted by molar-refractivity contribution is 9.10. The van der Waals surface area contributed by atoms with E-state index in [0.717, 1.165) is 119 Å². The molecular weight excluding hydrogens is 2070 g/mol. The summed E-state index contributed by atoms with van der Waals surface area (Å²) in [5.41, 5.74) is 8.53. The molecule has 11 aromatic rings. The Balaban J connectivity index is 0.000000228. The molecule has 0 atom stereocenters. The highest BCUT2D eigenvalue weighted by atomic mass is 79.9. The van der Waals surface area contributed by atoms with Gasteiger partial charge in [0.2, 0.25) is 17.6 Å². The predicted molar refractivity (Wildman–Crippen MR) is 593 cm³/mol. The van der Waals surface area contributed by atoms with Crippen LogP contribution in [-0.4, -0.2) is 237 Å². The van der Waals surface area contributed by atoms with Gasteiger partial charge in [0.1, 0.15) is 46.7 Å². The first-order valence-corrected chi connectivity index (χ1v) is 66.2. The largest absolute Gasteiger partial charge is 0.496 e. The van der Waals surface area contributed by atoms with Crippen LogP contribution >= 0.6 is 31.9 Å². The average molecular weight is 2230 g/mol. The van der Waals surface area contributed by atoms with E-state index in [2.05, 4.69) is 166 Å². The maximum Gasteiger partial charge on any atom is 0.496 e. The van der Waals surface area contributed by atoms with Crippen molar-refractivity contribution < 1.29 is 90.0 Å². The van der Waals surface area contributed by atoms with Gasteiger partial charge >= 0.3 is 49.1 Å². The van der Waals surface area contributed by atoms with Crippen LogP contribution in [0.3, 0.4) is 0 Å². The van der Waals surface area contributed by atoms with E-state index in [9.17, 15) is 14.4 Å². The molecule has 34 nitrogen and oxygen atoms in total. The number of carbonyl (C=O) groups is 3. The summed E-state index contributed by atoms with van der Waals surface area (Å²) >= 11 is 6.88. The Hall–Kier alpha value is -10.4. The zero-order valence-corrected chi connectivity index (χ0v) is 99.6. The van der Waals surface area contributed by atoms with Crippen molar-refractivity contribution in [2.24, 2.45) is 16.2 Å². The molecule has 0 unspecified atom stereocenters. The van der Waals surface area contributed by atoms with Gasteiger partial charge in [-0.15, -0.1) is 20.4 Å². The summed E-state index contributed by atoms with van der Waals surface area (Å²) in [5.74, 6) is 3.09. The van der Waals surface area contributed by atoms with Crippen LogP contribution in [0.2, 0.25) is 103 Å². The standard InChI is InChI=1S/2C28H40N4O5Si.C18H28BNO5.2C16H24BrN3O2Si/c1-9-36-27-30-25(32(31-27)19-35-14-15-38(6,7)8)22-12-10-21(11-13-22)23-17-29-24(16-20(23)2)37-18-28(3,4)26(33)34-5;1-9-36-27-30-25(31-32(27)19-35-14-15-38(6,7)8)22-12-10-21(11-13-22)23-17-29-24(16-20(23)2)37-18-28(3,4)26(33)34-5;1-12-9-14(23-11-16(2,3)15(21)22-8)20-10-13(12)19-24-17(4,5)18(6,7)25-19;1-5-22-16-18-15(13-6-8-14(17)9-7-13)20(19-16)12-21-10-11-23(2,3)4;1-5-22-16-18-15(13-6-8-14(17)9-7-13)19-20(16)12-21-10-11-23(2,3)4/h2*10-13,16-17H,9,14-15,18-19H2,1-8H3;9-10H,11H2,1-8H3;2*6-9H,5,10-12H2,1-4H3. The molecule has 1 aliphatic heterocycles. The second-order valence-corrected chi connectivity index (χ2v) is 67.6. The molecular formula is C106H156BBr2N15O19Si4. The van der Waals surface area contributed by atoms with Gasteiger partial charge in [0.25, 0.3) is 0 Å². The first kappa shape index (κ1) is 122. The van der Waals surface area contributed by atoms with Gasteiger partial charge in [-0.05, 0) is 194 Å². The minimum atomic E-state index is -1.17. The molecule has 1 saturated heterocycles. The summed E-state index contributed by atoms with van der Waals surface area (Å²) in [6.07, 6.45) is 5.27. The molecule has 41 heteroatoms. The second-order valence-electron chi connectivity index (χ2n) is 43.3. The summed E-state index contributed by atoms with van der Waals surface area (Å²) in [5, 5.41) is 18.0. The number of benzene rings is 4. The Morgan fingerprint density at radius 2 is 0.646 bits per heavy atom. The van der Waals surface area contributed by atoms with Crippen LogP contribution in [0.1, 0.15) is 114 Å². The monoisotopic (exact) mass is 2220 g/mol. The number of methoxy groups -OCH3 is 3. The molecule has 1 fully saturated rings. The zero-order valence-electron chi connectivity index (χ0n) is 92.4. The molecule has 0 saturated carbocycles. The topological polar surface area (TPSA) is 360 Å². The number of carbonyl (C=O) groups excluding carboxylic acids is 3.